The van der Waals surface area contributed by atoms with Gasteiger partial charge in [0, 0.05) is 11.1 Å². The standard InChI is InChI=1S/C22H25Cl2N3O4S/c1-32(30,31)27(20-12-11-15(23)13-18(20)24)14-21(28)26-19-10-6-5-9-17(19)22(29)25-16-7-3-2-4-8-16/h5-6,9-13,16H,2-4,7-8,14H2,1H3,(H,25,29)(H,26,28). The van der Waals surface area contributed by atoms with Crippen LogP contribution in [-0.4, -0.2) is 39.1 Å². The number of benzene rings is 2. The van der Waals surface area contributed by atoms with Gasteiger partial charge < -0.3 is 10.6 Å². The summed E-state index contributed by atoms with van der Waals surface area (Å²) < 4.78 is 25.6. The van der Waals surface area contributed by atoms with Gasteiger partial charge in [-0.2, -0.15) is 0 Å². The van der Waals surface area contributed by atoms with Gasteiger partial charge in [0.2, 0.25) is 15.9 Å². The number of nitrogens with one attached hydrogen (secondary N) is 2. The minimum absolute atomic E-state index is 0.1000. The highest BCUT2D eigenvalue weighted by Gasteiger charge is 2.24. The zero-order chi connectivity index (χ0) is 23.3. The van der Waals surface area contributed by atoms with Gasteiger partial charge in [-0.05, 0) is 43.2 Å². The van der Waals surface area contributed by atoms with Crippen LogP contribution in [0.4, 0.5) is 11.4 Å². The summed E-state index contributed by atoms with van der Waals surface area (Å²) in [4.78, 5) is 25.6. The fourth-order valence-corrected chi connectivity index (χ4v) is 5.11. The highest BCUT2D eigenvalue weighted by Crippen LogP contribution is 2.30. The second kappa shape index (κ2) is 10.6. The summed E-state index contributed by atoms with van der Waals surface area (Å²) in [5.74, 6) is -0.882. The first-order valence-electron chi connectivity index (χ1n) is 10.3. The number of carbonyl (C=O) groups is 2. The zero-order valence-corrected chi connectivity index (χ0v) is 19.9. The molecule has 0 aromatic heterocycles. The molecule has 0 saturated heterocycles. The molecule has 0 heterocycles. The average molecular weight is 498 g/mol. The van der Waals surface area contributed by atoms with Gasteiger partial charge in [0.05, 0.1) is 28.2 Å². The van der Waals surface area contributed by atoms with Gasteiger partial charge >= 0.3 is 0 Å². The van der Waals surface area contributed by atoms with E-state index in [0.717, 1.165) is 36.2 Å². The highest BCUT2D eigenvalue weighted by molar-refractivity contribution is 7.92. The van der Waals surface area contributed by atoms with Crippen LogP contribution in [0.5, 0.6) is 0 Å². The summed E-state index contributed by atoms with van der Waals surface area (Å²) >= 11 is 12.1. The van der Waals surface area contributed by atoms with Crippen molar-refractivity contribution in [3.05, 3.63) is 58.1 Å². The molecular weight excluding hydrogens is 473 g/mol. The summed E-state index contributed by atoms with van der Waals surface area (Å²) in [6, 6.07) is 11.1. The van der Waals surface area contributed by atoms with Gasteiger partial charge in [-0.25, -0.2) is 8.42 Å². The molecule has 1 aliphatic carbocycles. The van der Waals surface area contributed by atoms with Gasteiger partial charge in [-0.1, -0.05) is 54.6 Å². The van der Waals surface area contributed by atoms with Crippen molar-refractivity contribution in [2.24, 2.45) is 0 Å². The lowest BCUT2D eigenvalue weighted by Gasteiger charge is -2.24. The Morgan fingerprint density at radius 3 is 2.41 bits per heavy atom. The van der Waals surface area contributed by atoms with E-state index in [0.29, 0.717) is 16.3 Å². The quantitative estimate of drug-likeness (QED) is 0.589. The van der Waals surface area contributed by atoms with Gasteiger partial charge in [0.1, 0.15) is 6.54 Å². The fraction of sp³-hybridized carbons (Fsp3) is 0.364. The number of hydrogen-bond donors (Lipinski definition) is 2. The van der Waals surface area contributed by atoms with E-state index < -0.39 is 22.5 Å². The summed E-state index contributed by atoms with van der Waals surface area (Å²) in [6.45, 7) is -0.515. The SMILES string of the molecule is CS(=O)(=O)N(CC(=O)Nc1ccccc1C(=O)NC1CCCCC1)c1ccc(Cl)cc1Cl. The molecule has 2 aromatic rings. The van der Waals surface area contributed by atoms with Crippen LogP contribution in [0.2, 0.25) is 10.0 Å². The predicted octanol–water partition coefficient (Wildman–Crippen LogP) is 4.46. The second-order valence-corrected chi connectivity index (χ2v) is 10.5. The summed E-state index contributed by atoms with van der Waals surface area (Å²) in [7, 11) is -3.82. The van der Waals surface area contributed by atoms with E-state index in [-0.39, 0.29) is 22.7 Å². The molecule has 0 spiro atoms. The molecule has 2 aromatic carbocycles. The van der Waals surface area contributed by atoms with Crippen LogP contribution in [0.1, 0.15) is 42.5 Å². The molecule has 1 fully saturated rings. The molecular formula is C22H25Cl2N3O4S. The van der Waals surface area contributed by atoms with E-state index in [2.05, 4.69) is 10.6 Å². The number of nitrogens with zero attached hydrogens (tertiary/aromatic N) is 1. The molecule has 10 heteroatoms. The maximum atomic E-state index is 12.8. The van der Waals surface area contributed by atoms with E-state index >= 15 is 0 Å². The Kier molecular flexibility index (Phi) is 8.03. The molecule has 0 bridgehead atoms. The van der Waals surface area contributed by atoms with Crippen LogP contribution in [0.3, 0.4) is 0 Å². The monoisotopic (exact) mass is 497 g/mol. The number of halogens is 2. The minimum atomic E-state index is -3.82. The van der Waals surface area contributed by atoms with Crippen molar-refractivity contribution in [2.45, 2.75) is 38.1 Å². The van der Waals surface area contributed by atoms with Crippen LogP contribution < -0.4 is 14.9 Å². The molecule has 0 aliphatic heterocycles. The van der Waals surface area contributed by atoms with E-state index in [1.165, 1.54) is 24.6 Å². The molecule has 3 rings (SSSR count). The first-order chi connectivity index (χ1) is 15.1. The summed E-state index contributed by atoms with van der Waals surface area (Å²) in [6.07, 6.45) is 6.19. The predicted molar refractivity (Wildman–Crippen MR) is 128 cm³/mol. The molecule has 0 unspecified atom stereocenters. The van der Waals surface area contributed by atoms with Crippen molar-refractivity contribution in [3.63, 3.8) is 0 Å². The molecule has 172 valence electrons. The highest BCUT2D eigenvalue weighted by atomic mass is 35.5. The van der Waals surface area contributed by atoms with E-state index in [4.69, 9.17) is 23.2 Å². The lowest BCUT2D eigenvalue weighted by atomic mass is 9.95. The fourth-order valence-electron chi connectivity index (χ4n) is 3.68. The van der Waals surface area contributed by atoms with Crippen molar-refractivity contribution >= 4 is 56.4 Å². The third-order valence-electron chi connectivity index (χ3n) is 5.25. The number of sulfonamides is 1. The molecule has 7 nitrogen and oxygen atoms in total. The Labute approximate surface area is 198 Å². The lowest BCUT2D eigenvalue weighted by molar-refractivity contribution is -0.114. The molecule has 2 N–H and O–H groups in total. The van der Waals surface area contributed by atoms with Crippen molar-refractivity contribution in [3.8, 4) is 0 Å². The van der Waals surface area contributed by atoms with Crippen LogP contribution in [0, 0.1) is 0 Å². The molecule has 1 saturated carbocycles. The maximum Gasteiger partial charge on any atom is 0.253 e. The largest absolute Gasteiger partial charge is 0.349 e. The molecule has 0 radical (unpaired) electrons. The number of amides is 2. The topological polar surface area (TPSA) is 95.6 Å². The Morgan fingerprint density at radius 1 is 1.06 bits per heavy atom. The summed E-state index contributed by atoms with van der Waals surface area (Å²) in [5, 5.41) is 6.12. The van der Waals surface area contributed by atoms with Gasteiger partial charge in [-0.15, -0.1) is 0 Å². The number of anilines is 2. The van der Waals surface area contributed by atoms with Crippen LogP contribution in [0.15, 0.2) is 42.5 Å². The number of rotatable bonds is 7. The van der Waals surface area contributed by atoms with Crippen molar-refractivity contribution in [1.29, 1.82) is 0 Å². The van der Waals surface area contributed by atoms with E-state index in [1.54, 1.807) is 24.3 Å². The van der Waals surface area contributed by atoms with Crippen LogP contribution >= 0.6 is 23.2 Å². The maximum absolute atomic E-state index is 12.8. The van der Waals surface area contributed by atoms with Gasteiger partial charge in [-0.3, -0.25) is 13.9 Å². The molecule has 1 aliphatic rings. The van der Waals surface area contributed by atoms with E-state index in [9.17, 15) is 18.0 Å². The van der Waals surface area contributed by atoms with Crippen molar-refractivity contribution in [1.82, 2.24) is 5.32 Å². The number of hydrogen-bond acceptors (Lipinski definition) is 4. The lowest BCUT2D eigenvalue weighted by Crippen LogP contribution is -2.38. The minimum Gasteiger partial charge on any atom is -0.349 e. The normalized spacial score (nSPS) is 14.6. The number of para-hydroxylation sites is 1. The van der Waals surface area contributed by atoms with Crippen molar-refractivity contribution in [2.75, 3.05) is 22.4 Å². The molecule has 0 atom stereocenters. The third kappa shape index (κ3) is 6.37. The Bertz CT molecular complexity index is 1100. The Hall–Kier alpha value is -2.29. The third-order valence-corrected chi connectivity index (χ3v) is 6.92. The van der Waals surface area contributed by atoms with Crippen LogP contribution in [0.25, 0.3) is 0 Å². The Morgan fingerprint density at radius 2 is 1.75 bits per heavy atom. The van der Waals surface area contributed by atoms with Gasteiger partial charge in [0.25, 0.3) is 5.91 Å². The van der Waals surface area contributed by atoms with E-state index in [1.807, 2.05) is 0 Å². The van der Waals surface area contributed by atoms with Crippen molar-refractivity contribution < 1.29 is 18.0 Å². The van der Waals surface area contributed by atoms with Crippen LogP contribution in [-0.2, 0) is 14.8 Å². The number of carbonyl (C=O) groups excluding carboxylic acids is 2. The zero-order valence-electron chi connectivity index (χ0n) is 17.6. The Balaban J connectivity index is 1.76. The molecule has 32 heavy (non-hydrogen) atoms. The summed E-state index contributed by atoms with van der Waals surface area (Å²) in [5.41, 5.74) is 0.764. The smallest absolute Gasteiger partial charge is 0.253 e. The van der Waals surface area contributed by atoms with Gasteiger partial charge in [0.15, 0.2) is 0 Å². The second-order valence-electron chi connectivity index (χ2n) is 7.77. The first kappa shape index (κ1) is 24.4. The first-order valence-corrected chi connectivity index (χ1v) is 12.9. The molecule has 2 amide bonds. The average Bonchev–Trinajstić information content (AvgIpc) is 2.73.